The van der Waals surface area contributed by atoms with Gasteiger partial charge in [-0.25, -0.2) is 0 Å². The van der Waals surface area contributed by atoms with Crippen LogP contribution < -0.4 is 10.1 Å². The molecule has 126 valence electrons. The number of anilines is 1. The van der Waals surface area contributed by atoms with E-state index >= 15 is 0 Å². The molecule has 0 saturated heterocycles. The lowest BCUT2D eigenvalue weighted by Crippen LogP contribution is -2.38. The van der Waals surface area contributed by atoms with Gasteiger partial charge in [-0.2, -0.15) is 0 Å². The Morgan fingerprint density at radius 1 is 1.08 bits per heavy atom. The molecule has 0 aliphatic heterocycles. The molecule has 6 heteroatoms. The number of nitrogens with one attached hydrogen (secondary N) is 1. The van der Waals surface area contributed by atoms with Crippen molar-refractivity contribution in [3.8, 4) is 5.75 Å². The lowest BCUT2D eigenvalue weighted by molar-refractivity contribution is -0.141. The average molecular weight is 344 g/mol. The molecular formula is C18H20N2O3S. The molecule has 0 aliphatic carbocycles. The monoisotopic (exact) mass is 344 g/mol. The summed E-state index contributed by atoms with van der Waals surface area (Å²) in [5.41, 5.74) is 1.79. The Morgan fingerprint density at radius 2 is 1.75 bits per heavy atom. The number of hydrogen-bond acceptors (Lipinski definition) is 4. The van der Waals surface area contributed by atoms with Crippen LogP contribution in [0.5, 0.6) is 5.75 Å². The number of carbonyl (C=O) groups excluding carboxylic acids is 1. The van der Waals surface area contributed by atoms with Crippen LogP contribution >= 0.6 is 12.2 Å². The van der Waals surface area contributed by atoms with Crippen molar-refractivity contribution >= 4 is 29.0 Å². The maximum Gasteiger partial charge on any atom is 0.325 e. The van der Waals surface area contributed by atoms with Crippen molar-refractivity contribution in [3.05, 3.63) is 60.2 Å². The highest BCUT2D eigenvalue weighted by Crippen LogP contribution is 2.23. The second kappa shape index (κ2) is 8.88. The molecule has 0 spiro atoms. The fourth-order valence-corrected chi connectivity index (χ4v) is 2.40. The van der Waals surface area contributed by atoms with Gasteiger partial charge in [0.15, 0.2) is 5.11 Å². The van der Waals surface area contributed by atoms with E-state index in [4.69, 9.17) is 21.7 Å². The van der Waals surface area contributed by atoms with Crippen molar-refractivity contribution in [3.63, 3.8) is 0 Å². The highest BCUT2D eigenvalue weighted by molar-refractivity contribution is 7.80. The zero-order valence-electron chi connectivity index (χ0n) is 13.7. The van der Waals surface area contributed by atoms with E-state index in [-0.39, 0.29) is 12.5 Å². The molecule has 2 aromatic rings. The van der Waals surface area contributed by atoms with Crippen molar-refractivity contribution in [2.45, 2.75) is 6.54 Å². The van der Waals surface area contributed by atoms with E-state index in [9.17, 15) is 4.79 Å². The Hall–Kier alpha value is -2.60. The van der Waals surface area contributed by atoms with Crippen LogP contribution in [0.15, 0.2) is 54.6 Å². The van der Waals surface area contributed by atoms with Gasteiger partial charge in [0.2, 0.25) is 0 Å². The molecule has 0 fully saturated rings. The van der Waals surface area contributed by atoms with Crippen molar-refractivity contribution in [2.75, 3.05) is 26.1 Å². The van der Waals surface area contributed by atoms with Crippen LogP contribution in [0.4, 0.5) is 5.69 Å². The molecule has 0 atom stereocenters. The number of para-hydroxylation sites is 2. The summed E-state index contributed by atoms with van der Waals surface area (Å²) in [6, 6.07) is 17.3. The van der Waals surface area contributed by atoms with Crippen LogP contribution in [0, 0.1) is 0 Å². The third-order valence-corrected chi connectivity index (χ3v) is 3.76. The van der Waals surface area contributed by atoms with Gasteiger partial charge >= 0.3 is 5.97 Å². The number of thiocarbonyl (C=S) groups is 1. The summed E-state index contributed by atoms with van der Waals surface area (Å²) < 4.78 is 10.1. The van der Waals surface area contributed by atoms with Crippen LogP contribution in [0.25, 0.3) is 0 Å². The van der Waals surface area contributed by atoms with Crippen LogP contribution in [-0.4, -0.2) is 36.7 Å². The summed E-state index contributed by atoms with van der Waals surface area (Å²) in [4.78, 5) is 13.5. The number of benzene rings is 2. The van der Waals surface area contributed by atoms with Crippen LogP contribution in [0.2, 0.25) is 0 Å². The van der Waals surface area contributed by atoms with Gasteiger partial charge in [-0.1, -0.05) is 42.5 Å². The highest BCUT2D eigenvalue weighted by Gasteiger charge is 2.16. The van der Waals surface area contributed by atoms with Crippen molar-refractivity contribution in [2.24, 2.45) is 0 Å². The average Bonchev–Trinajstić information content (AvgIpc) is 2.62. The Morgan fingerprint density at radius 3 is 2.42 bits per heavy atom. The van der Waals surface area contributed by atoms with Gasteiger partial charge in [0.05, 0.1) is 19.9 Å². The molecule has 0 radical (unpaired) electrons. The Kier molecular flexibility index (Phi) is 6.57. The molecule has 0 amide bonds. The molecule has 0 aromatic heterocycles. The van der Waals surface area contributed by atoms with Gasteiger partial charge in [-0.3, -0.25) is 4.79 Å². The number of methoxy groups -OCH3 is 2. The number of ether oxygens (including phenoxy) is 2. The molecule has 2 aromatic carbocycles. The minimum absolute atomic E-state index is 0.0619. The first kappa shape index (κ1) is 17.7. The first-order chi connectivity index (χ1) is 11.6. The molecule has 0 saturated carbocycles. The second-order valence-electron chi connectivity index (χ2n) is 5.05. The van der Waals surface area contributed by atoms with Gasteiger partial charge in [0.25, 0.3) is 0 Å². The lowest BCUT2D eigenvalue weighted by Gasteiger charge is -2.25. The molecular weight excluding hydrogens is 324 g/mol. The predicted octanol–water partition coefficient (Wildman–Crippen LogP) is 3.07. The zero-order valence-corrected chi connectivity index (χ0v) is 14.5. The minimum Gasteiger partial charge on any atom is -0.495 e. The van der Waals surface area contributed by atoms with E-state index in [0.29, 0.717) is 17.4 Å². The number of rotatable bonds is 6. The molecule has 1 N–H and O–H groups in total. The number of carbonyl (C=O) groups is 1. The third-order valence-electron chi connectivity index (χ3n) is 3.40. The molecule has 0 bridgehead atoms. The van der Waals surface area contributed by atoms with E-state index in [1.807, 2.05) is 54.6 Å². The third kappa shape index (κ3) is 4.96. The smallest absolute Gasteiger partial charge is 0.325 e. The summed E-state index contributed by atoms with van der Waals surface area (Å²) in [6.07, 6.45) is 0. The minimum atomic E-state index is -0.352. The van der Waals surface area contributed by atoms with Gasteiger partial charge < -0.3 is 19.7 Å². The summed E-state index contributed by atoms with van der Waals surface area (Å²) in [7, 11) is 2.96. The molecule has 0 unspecified atom stereocenters. The van der Waals surface area contributed by atoms with Crippen LogP contribution in [-0.2, 0) is 16.1 Å². The predicted molar refractivity (Wildman–Crippen MR) is 98.1 cm³/mol. The van der Waals surface area contributed by atoms with Gasteiger partial charge in [-0.15, -0.1) is 0 Å². The van der Waals surface area contributed by atoms with Crippen molar-refractivity contribution in [1.29, 1.82) is 0 Å². The molecule has 0 aliphatic rings. The zero-order chi connectivity index (χ0) is 17.4. The fraction of sp³-hybridized carbons (Fsp3) is 0.222. The lowest BCUT2D eigenvalue weighted by atomic mass is 10.2. The maximum atomic E-state index is 11.7. The molecule has 0 heterocycles. The maximum absolute atomic E-state index is 11.7. The first-order valence-electron chi connectivity index (χ1n) is 7.43. The van der Waals surface area contributed by atoms with Crippen molar-refractivity contribution < 1.29 is 14.3 Å². The Bertz CT molecular complexity index is 692. The van der Waals surface area contributed by atoms with E-state index in [1.54, 1.807) is 12.0 Å². The number of nitrogens with zero attached hydrogens (tertiary/aromatic N) is 1. The van der Waals surface area contributed by atoms with E-state index in [1.165, 1.54) is 7.11 Å². The van der Waals surface area contributed by atoms with Gasteiger partial charge in [0.1, 0.15) is 12.3 Å². The van der Waals surface area contributed by atoms with Crippen LogP contribution in [0.3, 0.4) is 0 Å². The Balaban J connectivity index is 2.15. The summed E-state index contributed by atoms with van der Waals surface area (Å²) in [6.45, 7) is 0.559. The van der Waals surface area contributed by atoms with E-state index in [0.717, 1.165) is 11.3 Å². The number of esters is 1. The summed E-state index contributed by atoms with van der Waals surface area (Å²) >= 11 is 5.48. The largest absolute Gasteiger partial charge is 0.495 e. The first-order valence-corrected chi connectivity index (χ1v) is 7.84. The normalized spacial score (nSPS) is 9.92. The van der Waals surface area contributed by atoms with E-state index in [2.05, 4.69) is 5.32 Å². The molecule has 2 rings (SSSR count). The van der Waals surface area contributed by atoms with Gasteiger partial charge in [-0.05, 0) is 29.9 Å². The topological polar surface area (TPSA) is 50.8 Å². The molecule has 24 heavy (non-hydrogen) atoms. The second-order valence-corrected chi connectivity index (χ2v) is 5.43. The molecule has 5 nitrogen and oxygen atoms in total. The summed E-state index contributed by atoms with van der Waals surface area (Å²) in [5, 5.41) is 3.56. The van der Waals surface area contributed by atoms with Gasteiger partial charge in [0, 0.05) is 6.54 Å². The van der Waals surface area contributed by atoms with Crippen molar-refractivity contribution in [1.82, 2.24) is 4.90 Å². The standard InChI is InChI=1S/C18H20N2O3S/c1-22-16-11-7-6-10-15(16)19-18(24)20(13-17(21)23-2)12-14-8-4-3-5-9-14/h3-11H,12-13H2,1-2H3,(H,19,24). The Labute approximate surface area is 147 Å². The quantitative estimate of drug-likeness (QED) is 0.642. The summed E-state index contributed by atoms with van der Waals surface area (Å²) in [5.74, 6) is 0.327. The fourth-order valence-electron chi connectivity index (χ4n) is 2.17. The van der Waals surface area contributed by atoms with E-state index < -0.39 is 0 Å². The SMILES string of the molecule is COC(=O)CN(Cc1ccccc1)C(=S)Nc1ccccc1OC. The highest BCUT2D eigenvalue weighted by atomic mass is 32.1. The number of hydrogen-bond donors (Lipinski definition) is 1. The van der Waals surface area contributed by atoms with Crippen LogP contribution in [0.1, 0.15) is 5.56 Å².